The third kappa shape index (κ3) is 2.24. The Morgan fingerprint density at radius 2 is 1.71 bits per heavy atom. The molecule has 1 aliphatic carbocycles. The zero-order valence-electron chi connectivity index (χ0n) is 13.7. The van der Waals surface area contributed by atoms with Crippen molar-refractivity contribution < 1.29 is 19.1 Å². The van der Waals surface area contributed by atoms with Crippen molar-refractivity contribution in [2.45, 2.75) is 12.8 Å². The van der Waals surface area contributed by atoms with Gasteiger partial charge in [-0.25, -0.2) is 0 Å². The largest absolute Gasteiger partial charge is 0.468 e. The maximum Gasteiger partial charge on any atom is 0.323 e. The zero-order valence-corrected chi connectivity index (χ0v) is 13.7. The summed E-state index contributed by atoms with van der Waals surface area (Å²) in [5, 5.41) is 2.05. The normalized spacial score (nSPS) is 15.3. The zero-order chi connectivity index (χ0) is 17.3. The summed E-state index contributed by atoms with van der Waals surface area (Å²) in [5.74, 6) is -1.19. The maximum atomic E-state index is 12.5. The number of allylic oxidation sites excluding steroid dienone is 1. The molecule has 2 aromatic carbocycles. The Morgan fingerprint density at radius 3 is 2.33 bits per heavy atom. The number of hydrogen-bond donors (Lipinski definition) is 0. The van der Waals surface area contributed by atoms with Gasteiger partial charge in [-0.3, -0.25) is 9.59 Å². The molecule has 0 spiro atoms. The molecule has 3 rings (SSSR count). The van der Waals surface area contributed by atoms with Gasteiger partial charge in [-0.05, 0) is 21.9 Å². The summed E-state index contributed by atoms with van der Waals surface area (Å²) < 4.78 is 9.87. The van der Waals surface area contributed by atoms with E-state index in [0.717, 1.165) is 27.5 Å². The van der Waals surface area contributed by atoms with Crippen LogP contribution in [0.15, 0.2) is 48.7 Å². The highest BCUT2D eigenvalue weighted by Gasteiger charge is 2.52. The average Bonchev–Trinajstić information content (AvgIpc) is 2.65. The first-order chi connectivity index (χ1) is 11.6. The molecule has 0 aliphatic heterocycles. The molecular formula is C20H18O4. The molecule has 1 aliphatic rings. The summed E-state index contributed by atoms with van der Waals surface area (Å²) in [6.45, 7) is 3.73. The van der Waals surface area contributed by atoms with Crippen molar-refractivity contribution in [1.29, 1.82) is 0 Å². The molecule has 0 saturated carbocycles. The molecule has 4 nitrogen and oxygen atoms in total. The van der Waals surface area contributed by atoms with Gasteiger partial charge in [0.1, 0.15) is 0 Å². The van der Waals surface area contributed by atoms with Gasteiger partial charge in [0.15, 0.2) is 5.41 Å². The summed E-state index contributed by atoms with van der Waals surface area (Å²) in [6.07, 6.45) is 0.398. The van der Waals surface area contributed by atoms with Crippen LogP contribution in [0.3, 0.4) is 0 Å². The van der Waals surface area contributed by atoms with Gasteiger partial charge < -0.3 is 9.47 Å². The molecule has 0 unspecified atom stereocenters. The van der Waals surface area contributed by atoms with E-state index in [-0.39, 0.29) is 12.8 Å². The summed E-state index contributed by atoms with van der Waals surface area (Å²) in [4.78, 5) is 25.0. The van der Waals surface area contributed by atoms with Crippen LogP contribution in [-0.4, -0.2) is 26.2 Å². The molecule has 0 atom stereocenters. The fourth-order valence-corrected chi connectivity index (χ4v) is 3.49. The van der Waals surface area contributed by atoms with Gasteiger partial charge in [-0.15, -0.1) is 5.73 Å². The van der Waals surface area contributed by atoms with Crippen molar-refractivity contribution in [1.82, 2.24) is 0 Å². The maximum absolute atomic E-state index is 12.5. The SMILES string of the molecule is C=C=C1CC(C(=O)OC)(C(=O)OC)Cc2c1ccc1ccccc21. The average molecular weight is 322 g/mol. The number of hydrogen-bond acceptors (Lipinski definition) is 4. The molecule has 0 amide bonds. The second-order valence-electron chi connectivity index (χ2n) is 5.89. The Hall–Kier alpha value is -2.84. The van der Waals surface area contributed by atoms with Gasteiger partial charge in [-0.2, -0.15) is 0 Å². The van der Waals surface area contributed by atoms with E-state index in [1.165, 1.54) is 14.2 Å². The van der Waals surface area contributed by atoms with E-state index in [4.69, 9.17) is 9.47 Å². The third-order valence-corrected chi connectivity index (χ3v) is 4.69. The molecule has 0 bridgehead atoms. The van der Waals surface area contributed by atoms with Crippen LogP contribution in [-0.2, 0) is 25.5 Å². The molecule has 0 aromatic heterocycles. The van der Waals surface area contributed by atoms with Gasteiger partial charge in [0.2, 0.25) is 0 Å². The van der Waals surface area contributed by atoms with Crippen molar-refractivity contribution in [2.24, 2.45) is 5.41 Å². The monoisotopic (exact) mass is 322 g/mol. The minimum absolute atomic E-state index is 0.168. The van der Waals surface area contributed by atoms with E-state index in [1.807, 2.05) is 36.4 Å². The number of carbonyl (C=O) groups excluding carboxylic acids is 2. The van der Waals surface area contributed by atoms with E-state index in [9.17, 15) is 9.59 Å². The van der Waals surface area contributed by atoms with Gasteiger partial charge >= 0.3 is 11.9 Å². The van der Waals surface area contributed by atoms with Gasteiger partial charge in [0.05, 0.1) is 14.2 Å². The minimum atomic E-state index is -1.40. The van der Waals surface area contributed by atoms with Crippen molar-refractivity contribution in [3.8, 4) is 0 Å². The van der Waals surface area contributed by atoms with Crippen molar-refractivity contribution in [2.75, 3.05) is 14.2 Å². The highest BCUT2D eigenvalue weighted by molar-refractivity contribution is 6.05. The predicted molar refractivity (Wildman–Crippen MR) is 91.3 cm³/mol. The second kappa shape index (κ2) is 5.99. The molecule has 0 N–H and O–H groups in total. The van der Waals surface area contributed by atoms with E-state index < -0.39 is 17.4 Å². The fourth-order valence-electron chi connectivity index (χ4n) is 3.49. The summed E-state index contributed by atoms with van der Waals surface area (Å²) in [7, 11) is 2.56. The quantitative estimate of drug-likeness (QED) is 0.484. The van der Waals surface area contributed by atoms with Crippen molar-refractivity contribution in [3.63, 3.8) is 0 Å². The molecule has 122 valence electrons. The Labute approximate surface area is 140 Å². The number of rotatable bonds is 2. The smallest absolute Gasteiger partial charge is 0.323 e. The van der Waals surface area contributed by atoms with Crippen LogP contribution >= 0.6 is 0 Å². The standard InChI is InChI=1S/C20H18O4/c1-4-13-11-20(18(21)23-2,19(22)24-3)12-17-15-8-6-5-7-14(15)9-10-16(13)17/h5-10H,1,11-12H2,2-3H3. The minimum Gasteiger partial charge on any atom is -0.468 e. The third-order valence-electron chi connectivity index (χ3n) is 4.69. The highest BCUT2D eigenvalue weighted by atomic mass is 16.5. The highest BCUT2D eigenvalue weighted by Crippen LogP contribution is 2.45. The first-order valence-corrected chi connectivity index (χ1v) is 7.64. The number of ether oxygens (including phenoxy) is 2. The second-order valence-corrected chi connectivity index (χ2v) is 5.89. The Bertz CT molecular complexity index is 872. The van der Waals surface area contributed by atoms with Crippen molar-refractivity contribution in [3.05, 3.63) is 59.8 Å². The van der Waals surface area contributed by atoms with E-state index in [1.54, 1.807) is 0 Å². The number of carbonyl (C=O) groups is 2. The van der Waals surface area contributed by atoms with Crippen LogP contribution in [0.1, 0.15) is 17.5 Å². The fraction of sp³-hybridized carbons (Fsp3) is 0.250. The van der Waals surface area contributed by atoms with E-state index >= 15 is 0 Å². The Balaban J connectivity index is 2.31. The predicted octanol–water partition coefficient (Wildman–Crippen LogP) is 3.29. The summed E-state index contributed by atoms with van der Waals surface area (Å²) in [5.41, 5.74) is 4.09. The first kappa shape index (κ1) is 16.0. The molecule has 0 radical (unpaired) electrons. The summed E-state index contributed by atoms with van der Waals surface area (Å²) in [6, 6.07) is 11.9. The van der Waals surface area contributed by atoms with E-state index in [0.29, 0.717) is 0 Å². The Kier molecular flexibility index (Phi) is 4.00. The molecule has 0 heterocycles. The van der Waals surface area contributed by atoms with E-state index in [2.05, 4.69) is 12.3 Å². The van der Waals surface area contributed by atoms with Gasteiger partial charge in [-0.1, -0.05) is 43.0 Å². The topological polar surface area (TPSA) is 52.6 Å². The lowest BCUT2D eigenvalue weighted by molar-refractivity contribution is -0.168. The molecule has 24 heavy (non-hydrogen) atoms. The van der Waals surface area contributed by atoms with Crippen LogP contribution in [0, 0.1) is 5.41 Å². The van der Waals surface area contributed by atoms with Crippen LogP contribution < -0.4 is 0 Å². The molecule has 4 heteroatoms. The number of fused-ring (bicyclic) bond motifs is 3. The van der Waals surface area contributed by atoms with Crippen LogP contribution in [0.5, 0.6) is 0 Å². The van der Waals surface area contributed by atoms with Crippen LogP contribution in [0.25, 0.3) is 16.3 Å². The molecule has 0 fully saturated rings. The van der Waals surface area contributed by atoms with Crippen molar-refractivity contribution >= 4 is 28.3 Å². The lowest BCUT2D eigenvalue weighted by Crippen LogP contribution is -2.45. The number of benzene rings is 2. The number of methoxy groups -OCH3 is 2. The Morgan fingerprint density at radius 1 is 1.04 bits per heavy atom. The van der Waals surface area contributed by atoms with Crippen LogP contribution in [0.2, 0.25) is 0 Å². The lowest BCUT2D eigenvalue weighted by atomic mass is 9.68. The lowest BCUT2D eigenvalue weighted by Gasteiger charge is -2.34. The van der Waals surface area contributed by atoms with Gasteiger partial charge in [0.25, 0.3) is 0 Å². The van der Waals surface area contributed by atoms with Gasteiger partial charge in [0, 0.05) is 18.4 Å². The first-order valence-electron chi connectivity index (χ1n) is 7.64. The molecule has 2 aromatic rings. The molecular weight excluding hydrogens is 304 g/mol. The number of esters is 2. The summed E-state index contributed by atoms with van der Waals surface area (Å²) >= 11 is 0. The molecule has 0 saturated heterocycles. The van der Waals surface area contributed by atoms with Crippen LogP contribution in [0.4, 0.5) is 0 Å².